The lowest BCUT2D eigenvalue weighted by Gasteiger charge is -2.31. The number of nitrogens with one attached hydrogen (secondary N) is 1. The molecule has 0 aliphatic carbocycles. The van der Waals surface area contributed by atoms with Gasteiger partial charge in [0.15, 0.2) is 0 Å². The summed E-state index contributed by atoms with van der Waals surface area (Å²) in [6, 6.07) is -0.831. The first-order chi connectivity index (χ1) is 8.60. The number of hydrogen-bond donors (Lipinski definition) is 1. The van der Waals surface area contributed by atoms with Crippen LogP contribution < -0.4 is 5.32 Å². The smallest absolute Gasteiger partial charge is 0.310 e. The van der Waals surface area contributed by atoms with Gasteiger partial charge in [0.2, 0.25) is 0 Å². The van der Waals surface area contributed by atoms with Crippen LogP contribution in [0.5, 0.6) is 0 Å². The van der Waals surface area contributed by atoms with Crippen molar-refractivity contribution in [3.8, 4) is 0 Å². The Kier molecular flexibility index (Phi) is 3.24. The van der Waals surface area contributed by atoms with E-state index in [1.54, 1.807) is 0 Å². The molecule has 0 radical (unpaired) electrons. The van der Waals surface area contributed by atoms with Gasteiger partial charge in [0, 0.05) is 11.6 Å². The second-order valence-corrected chi connectivity index (χ2v) is 4.21. The lowest BCUT2D eigenvalue weighted by Crippen LogP contribution is -2.37. The normalized spacial score (nSPS) is 20.3. The van der Waals surface area contributed by atoms with E-state index in [4.69, 9.17) is 0 Å². The molecule has 1 saturated heterocycles. The molecule has 19 heavy (non-hydrogen) atoms. The minimum atomic E-state index is -5.03. The van der Waals surface area contributed by atoms with E-state index in [0.717, 1.165) is 0 Å². The monoisotopic (exact) mass is 287 g/mol. The maximum atomic E-state index is 13.6. The molecule has 0 aromatic heterocycles. The molecule has 0 amide bonds. The molecule has 1 N–H and O–H groups in total. The summed E-state index contributed by atoms with van der Waals surface area (Å²) in [5.74, 6) is -1.49. The molecule has 1 aromatic carbocycles. The second-order valence-electron chi connectivity index (χ2n) is 4.21. The maximum Gasteiger partial charge on any atom is 0.416 e. The molecule has 1 nitrogen and oxygen atoms in total. The Morgan fingerprint density at radius 2 is 1.58 bits per heavy atom. The van der Waals surface area contributed by atoms with E-state index >= 15 is 0 Å². The van der Waals surface area contributed by atoms with Gasteiger partial charge in [-0.25, -0.2) is 4.39 Å². The van der Waals surface area contributed by atoms with Crippen LogP contribution in [0.2, 0.25) is 0 Å². The van der Waals surface area contributed by atoms with Crippen molar-refractivity contribution in [1.29, 1.82) is 0 Å². The lowest BCUT2D eigenvalue weighted by atomic mass is 9.91. The third kappa shape index (κ3) is 2.68. The average Bonchev–Trinajstić information content (AvgIpc) is 2.14. The molecule has 0 spiro atoms. The Bertz CT molecular complexity index is 485. The fourth-order valence-electron chi connectivity index (χ4n) is 1.91. The summed E-state index contributed by atoms with van der Waals surface area (Å²) in [6.45, 7) is 0.405. The fraction of sp³-hybridized carbons (Fsp3) is 0.455. The van der Waals surface area contributed by atoms with Crippen molar-refractivity contribution in [2.24, 2.45) is 0 Å². The van der Waals surface area contributed by atoms with E-state index in [1.807, 2.05) is 0 Å². The molecule has 0 saturated carbocycles. The van der Waals surface area contributed by atoms with Gasteiger partial charge in [0.25, 0.3) is 0 Å². The van der Waals surface area contributed by atoms with Crippen molar-refractivity contribution in [3.05, 3.63) is 34.6 Å². The highest BCUT2D eigenvalue weighted by Gasteiger charge is 2.42. The number of rotatable bonds is 1. The van der Waals surface area contributed by atoms with E-state index in [2.05, 4.69) is 5.32 Å². The van der Waals surface area contributed by atoms with Crippen LogP contribution in [0, 0.1) is 5.82 Å². The lowest BCUT2D eigenvalue weighted by molar-refractivity contribution is -0.144. The summed E-state index contributed by atoms with van der Waals surface area (Å²) >= 11 is 0. The summed E-state index contributed by atoms with van der Waals surface area (Å²) in [6.07, 6.45) is -9.80. The van der Waals surface area contributed by atoms with Crippen molar-refractivity contribution in [3.63, 3.8) is 0 Å². The van der Waals surface area contributed by atoms with E-state index in [9.17, 15) is 30.7 Å². The Hall–Kier alpha value is -1.31. The molecule has 8 heteroatoms. The molecule has 1 heterocycles. The summed E-state index contributed by atoms with van der Waals surface area (Å²) in [7, 11) is 0. The van der Waals surface area contributed by atoms with Crippen molar-refractivity contribution in [2.75, 3.05) is 6.54 Å². The van der Waals surface area contributed by atoms with Crippen LogP contribution in [0.3, 0.4) is 0 Å². The van der Waals surface area contributed by atoms with Gasteiger partial charge in [-0.15, -0.1) is 0 Å². The molecule has 0 unspecified atom stereocenters. The highest BCUT2D eigenvalue weighted by molar-refractivity contribution is 5.39. The zero-order valence-electron chi connectivity index (χ0n) is 9.29. The number of halogens is 7. The predicted octanol–water partition coefficient (Wildman–Crippen LogP) is 3.90. The Morgan fingerprint density at radius 1 is 1.00 bits per heavy atom. The van der Waals surface area contributed by atoms with Crippen molar-refractivity contribution in [2.45, 2.75) is 24.8 Å². The third-order valence-corrected chi connectivity index (χ3v) is 2.93. The van der Waals surface area contributed by atoms with Gasteiger partial charge < -0.3 is 5.32 Å². The Balaban J connectivity index is 2.60. The highest BCUT2D eigenvalue weighted by Crippen LogP contribution is 2.42. The minimum absolute atomic E-state index is 0.0432. The van der Waals surface area contributed by atoms with Crippen molar-refractivity contribution in [1.82, 2.24) is 5.32 Å². The SMILES string of the molecule is Fc1cc(C(F)(F)F)cc(C(F)(F)F)c1[C@@H]1CCN1. The second kappa shape index (κ2) is 4.36. The topological polar surface area (TPSA) is 12.0 Å². The van der Waals surface area contributed by atoms with Gasteiger partial charge >= 0.3 is 12.4 Å². The predicted molar refractivity (Wildman–Crippen MR) is 51.8 cm³/mol. The van der Waals surface area contributed by atoms with Crippen LogP contribution in [0.4, 0.5) is 30.7 Å². The van der Waals surface area contributed by atoms with Crippen LogP contribution >= 0.6 is 0 Å². The summed E-state index contributed by atoms with van der Waals surface area (Å²) < 4.78 is 89.1. The van der Waals surface area contributed by atoms with Crippen LogP contribution in [-0.2, 0) is 12.4 Å². The minimum Gasteiger partial charge on any atom is -0.310 e. The van der Waals surface area contributed by atoms with Crippen LogP contribution in [0.1, 0.15) is 29.2 Å². The molecule has 0 bridgehead atoms. The molecule has 1 fully saturated rings. The van der Waals surface area contributed by atoms with Crippen LogP contribution in [-0.4, -0.2) is 6.54 Å². The van der Waals surface area contributed by atoms with Crippen LogP contribution in [0.25, 0.3) is 0 Å². The van der Waals surface area contributed by atoms with E-state index in [0.29, 0.717) is 6.54 Å². The average molecular weight is 287 g/mol. The zero-order valence-corrected chi connectivity index (χ0v) is 9.29. The molecule has 1 aliphatic heterocycles. The molecule has 1 atom stereocenters. The first-order valence-corrected chi connectivity index (χ1v) is 5.32. The van der Waals surface area contributed by atoms with Crippen LogP contribution in [0.15, 0.2) is 12.1 Å². The van der Waals surface area contributed by atoms with E-state index < -0.39 is 40.9 Å². The molecule has 1 aliphatic rings. The number of hydrogen-bond acceptors (Lipinski definition) is 1. The summed E-state index contributed by atoms with van der Waals surface area (Å²) in [4.78, 5) is 0. The number of alkyl halides is 6. The molecular formula is C11H8F7N. The largest absolute Gasteiger partial charge is 0.416 e. The standard InChI is InChI=1S/C11H8F7N/c12-7-4-5(10(13,14)15)3-6(11(16,17)18)9(7)8-1-2-19-8/h3-4,8,19H,1-2H2/t8-/m0/s1. The van der Waals surface area contributed by atoms with Gasteiger partial charge in [-0.3, -0.25) is 0 Å². The molecule has 106 valence electrons. The highest BCUT2D eigenvalue weighted by atomic mass is 19.4. The van der Waals surface area contributed by atoms with E-state index in [1.165, 1.54) is 0 Å². The maximum absolute atomic E-state index is 13.6. The van der Waals surface area contributed by atoms with Crippen molar-refractivity contribution < 1.29 is 30.7 Å². The van der Waals surface area contributed by atoms with Crippen molar-refractivity contribution >= 4 is 0 Å². The van der Waals surface area contributed by atoms with Gasteiger partial charge in [0.1, 0.15) is 5.82 Å². The fourth-order valence-corrected chi connectivity index (χ4v) is 1.91. The Labute approximate surface area is 103 Å². The summed E-state index contributed by atoms with van der Waals surface area (Å²) in [5, 5.41) is 2.55. The first-order valence-electron chi connectivity index (χ1n) is 5.32. The zero-order chi connectivity index (χ0) is 14.4. The van der Waals surface area contributed by atoms with E-state index in [-0.39, 0.29) is 18.6 Å². The third-order valence-electron chi connectivity index (χ3n) is 2.93. The quantitative estimate of drug-likeness (QED) is 0.772. The molecule has 1 aromatic rings. The van der Waals surface area contributed by atoms with Gasteiger partial charge in [0.05, 0.1) is 11.1 Å². The Morgan fingerprint density at radius 3 is 1.95 bits per heavy atom. The van der Waals surface area contributed by atoms with Gasteiger partial charge in [-0.05, 0) is 25.1 Å². The van der Waals surface area contributed by atoms with Gasteiger partial charge in [-0.1, -0.05) is 0 Å². The number of benzene rings is 1. The molecular weight excluding hydrogens is 279 g/mol. The summed E-state index contributed by atoms with van der Waals surface area (Å²) in [5.41, 5.74) is -3.95. The van der Waals surface area contributed by atoms with Gasteiger partial charge in [-0.2, -0.15) is 26.3 Å². The molecule has 2 rings (SSSR count). The first kappa shape index (κ1) is 14.1.